The van der Waals surface area contributed by atoms with Crippen molar-refractivity contribution in [3.05, 3.63) is 59.7 Å². The van der Waals surface area contributed by atoms with Crippen molar-refractivity contribution >= 4 is 32.7 Å². The highest BCUT2D eigenvalue weighted by molar-refractivity contribution is 7.90. The lowest BCUT2D eigenvalue weighted by atomic mass is 9.99. The molecule has 0 spiro atoms. The topological polar surface area (TPSA) is 91.0 Å². The Hall–Kier alpha value is -2.88. The Bertz CT molecular complexity index is 1220. The van der Waals surface area contributed by atoms with Crippen LogP contribution in [0.25, 0.3) is 5.57 Å². The molecule has 9 heteroatoms. The van der Waals surface area contributed by atoms with Crippen LogP contribution >= 0.6 is 0 Å². The van der Waals surface area contributed by atoms with E-state index in [0.717, 1.165) is 26.1 Å². The van der Waals surface area contributed by atoms with Crippen molar-refractivity contribution in [3.8, 4) is 0 Å². The second-order valence-electron chi connectivity index (χ2n) is 10.0. The van der Waals surface area contributed by atoms with Gasteiger partial charge >= 0.3 is 0 Å². The number of nitrogens with one attached hydrogen (secondary N) is 2. The van der Waals surface area contributed by atoms with Gasteiger partial charge in [-0.1, -0.05) is 36.4 Å². The fourth-order valence-electron chi connectivity index (χ4n) is 5.12. The van der Waals surface area contributed by atoms with E-state index < -0.39 is 9.84 Å². The first-order valence-electron chi connectivity index (χ1n) is 13.5. The fraction of sp³-hybridized carbons (Fsp3) is 0.483. The molecule has 0 aliphatic carbocycles. The molecule has 0 radical (unpaired) electrons. The number of anilines is 2. The highest BCUT2D eigenvalue weighted by atomic mass is 32.2. The maximum Gasteiger partial charge on any atom is 0.253 e. The van der Waals surface area contributed by atoms with Gasteiger partial charge in [-0.25, -0.2) is 8.42 Å². The Morgan fingerprint density at radius 3 is 2.47 bits per heavy atom. The van der Waals surface area contributed by atoms with E-state index in [1.165, 1.54) is 30.2 Å². The molecule has 0 aromatic heterocycles. The van der Waals surface area contributed by atoms with Crippen LogP contribution < -0.4 is 15.5 Å². The number of carbonyl (C=O) groups excluding carboxylic acids is 1. The minimum Gasteiger partial charge on any atom is -0.385 e. The van der Waals surface area contributed by atoms with E-state index in [1.807, 2.05) is 24.3 Å². The molecule has 2 aromatic carbocycles. The number of carbonyl (C=O) groups is 1. The van der Waals surface area contributed by atoms with Crippen molar-refractivity contribution < 1.29 is 17.9 Å². The van der Waals surface area contributed by atoms with Gasteiger partial charge in [-0.05, 0) is 62.0 Å². The summed E-state index contributed by atoms with van der Waals surface area (Å²) in [6, 6.07) is 13.7. The van der Waals surface area contributed by atoms with Gasteiger partial charge in [-0.2, -0.15) is 0 Å². The lowest BCUT2D eigenvalue weighted by Gasteiger charge is -2.31. The van der Waals surface area contributed by atoms with Gasteiger partial charge in [-0.3, -0.25) is 4.79 Å². The van der Waals surface area contributed by atoms with Crippen LogP contribution in [0, 0.1) is 0 Å². The van der Waals surface area contributed by atoms with Gasteiger partial charge in [0, 0.05) is 58.4 Å². The van der Waals surface area contributed by atoms with E-state index in [2.05, 4.69) is 38.6 Å². The number of likely N-dealkylation sites (tertiary alicyclic amines) is 1. The van der Waals surface area contributed by atoms with Crippen molar-refractivity contribution in [2.24, 2.45) is 0 Å². The lowest BCUT2D eigenvalue weighted by Crippen LogP contribution is -2.31. The van der Waals surface area contributed by atoms with Crippen LogP contribution in [-0.4, -0.2) is 85.0 Å². The zero-order valence-electron chi connectivity index (χ0n) is 22.5. The minimum atomic E-state index is -3.58. The highest BCUT2D eigenvalue weighted by Crippen LogP contribution is 2.34. The van der Waals surface area contributed by atoms with Gasteiger partial charge in [-0.15, -0.1) is 0 Å². The summed E-state index contributed by atoms with van der Waals surface area (Å²) in [6.45, 7) is 6.04. The van der Waals surface area contributed by atoms with Crippen molar-refractivity contribution in [1.82, 2.24) is 10.2 Å². The smallest absolute Gasteiger partial charge is 0.253 e. The molecule has 1 amide bonds. The highest BCUT2D eigenvalue weighted by Gasteiger charge is 2.25. The molecule has 1 fully saturated rings. The molecule has 206 valence electrons. The SMILES string of the molecule is COCCCNC(=O)c1cc(S(C)(=O)=O)c(N2CC=C(c3ccccc3)CC2)cc1NCCN1CCCC1. The largest absolute Gasteiger partial charge is 0.385 e. The summed E-state index contributed by atoms with van der Waals surface area (Å²) in [5, 5.41) is 6.37. The zero-order valence-corrected chi connectivity index (χ0v) is 23.4. The normalized spacial score (nSPS) is 16.4. The number of hydrogen-bond donors (Lipinski definition) is 2. The number of hydrogen-bond acceptors (Lipinski definition) is 7. The Kier molecular flexibility index (Phi) is 9.82. The van der Waals surface area contributed by atoms with Crippen molar-refractivity contribution in [2.45, 2.75) is 30.6 Å². The monoisotopic (exact) mass is 540 g/mol. The molecular weight excluding hydrogens is 500 g/mol. The first-order valence-corrected chi connectivity index (χ1v) is 15.4. The molecule has 38 heavy (non-hydrogen) atoms. The number of amides is 1. The summed E-state index contributed by atoms with van der Waals surface area (Å²) in [6.07, 6.45) is 7.31. The van der Waals surface area contributed by atoms with E-state index in [1.54, 1.807) is 13.2 Å². The van der Waals surface area contributed by atoms with Gasteiger partial charge in [0.05, 0.1) is 16.1 Å². The molecule has 0 atom stereocenters. The molecule has 2 aromatic rings. The van der Waals surface area contributed by atoms with Gasteiger partial charge in [0.25, 0.3) is 5.91 Å². The number of ether oxygens (including phenoxy) is 1. The van der Waals surface area contributed by atoms with E-state index in [0.29, 0.717) is 56.1 Å². The summed E-state index contributed by atoms with van der Waals surface area (Å²) in [5.41, 5.74) is 4.11. The standard InChI is InChI=1S/C29H40N4O4S/c1-37-20-8-13-31-29(34)25-21-28(38(2,35)36)27(22-26(25)30-14-19-32-15-6-7-16-32)33-17-11-24(12-18-33)23-9-4-3-5-10-23/h3-5,9-11,21-22,30H,6-8,12-20H2,1-2H3,(H,31,34). The van der Waals surface area contributed by atoms with Crippen molar-refractivity contribution in [2.75, 3.05) is 76.0 Å². The summed E-state index contributed by atoms with van der Waals surface area (Å²) >= 11 is 0. The summed E-state index contributed by atoms with van der Waals surface area (Å²) < 4.78 is 31.0. The predicted molar refractivity (Wildman–Crippen MR) is 154 cm³/mol. The van der Waals surface area contributed by atoms with Crippen LogP contribution in [0.2, 0.25) is 0 Å². The minimum absolute atomic E-state index is 0.182. The van der Waals surface area contributed by atoms with Gasteiger partial charge < -0.3 is 25.2 Å². The van der Waals surface area contributed by atoms with Crippen LogP contribution in [-0.2, 0) is 14.6 Å². The molecule has 4 rings (SSSR count). The number of sulfone groups is 1. The van der Waals surface area contributed by atoms with Crippen molar-refractivity contribution in [1.29, 1.82) is 0 Å². The van der Waals surface area contributed by atoms with Crippen molar-refractivity contribution in [3.63, 3.8) is 0 Å². The molecule has 1 saturated heterocycles. The molecule has 2 N–H and O–H groups in total. The molecule has 2 aliphatic heterocycles. The van der Waals surface area contributed by atoms with Gasteiger partial charge in [0.15, 0.2) is 9.84 Å². The van der Waals surface area contributed by atoms with Gasteiger partial charge in [0.2, 0.25) is 0 Å². The van der Waals surface area contributed by atoms with E-state index >= 15 is 0 Å². The first kappa shape index (κ1) is 28.1. The molecule has 0 saturated carbocycles. The molecular formula is C29H40N4O4S. The second kappa shape index (κ2) is 13.3. The van der Waals surface area contributed by atoms with E-state index in [4.69, 9.17) is 4.74 Å². The molecule has 2 heterocycles. The van der Waals surface area contributed by atoms with Gasteiger partial charge in [0.1, 0.15) is 0 Å². The number of methoxy groups -OCH3 is 1. The van der Waals surface area contributed by atoms with E-state index in [9.17, 15) is 13.2 Å². The molecule has 2 aliphatic rings. The van der Waals surface area contributed by atoms with Crippen LogP contribution in [0.15, 0.2) is 53.4 Å². The Labute approximate surface area is 227 Å². The molecule has 0 bridgehead atoms. The Morgan fingerprint density at radius 1 is 1.05 bits per heavy atom. The van der Waals surface area contributed by atoms with Crippen LogP contribution in [0.1, 0.15) is 41.6 Å². The average Bonchev–Trinajstić information content (AvgIpc) is 3.44. The van der Waals surface area contributed by atoms with Crippen LogP contribution in [0.5, 0.6) is 0 Å². The summed E-state index contributed by atoms with van der Waals surface area (Å²) in [5.74, 6) is -0.286. The second-order valence-corrected chi connectivity index (χ2v) is 12.0. The maximum atomic E-state index is 13.2. The maximum absolute atomic E-state index is 13.2. The van der Waals surface area contributed by atoms with Crippen LogP contribution in [0.4, 0.5) is 11.4 Å². The zero-order chi connectivity index (χ0) is 27.0. The summed E-state index contributed by atoms with van der Waals surface area (Å²) in [7, 11) is -1.96. The predicted octanol–water partition coefficient (Wildman–Crippen LogP) is 3.66. The Morgan fingerprint density at radius 2 is 1.82 bits per heavy atom. The Balaban J connectivity index is 1.62. The third-order valence-electron chi connectivity index (χ3n) is 7.19. The molecule has 8 nitrogen and oxygen atoms in total. The number of rotatable bonds is 12. The third kappa shape index (κ3) is 7.36. The van der Waals surface area contributed by atoms with Crippen LogP contribution in [0.3, 0.4) is 0 Å². The lowest BCUT2D eigenvalue weighted by molar-refractivity contribution is 0.0949. The quantitative estimate of drug-likeness (QED) is 0.397. The molecule has 0 unspecified atom stereocenters. The first-order chi connectivity index (χ1) is 18.4. The van der Waals surface area contributed by atoms with E-state index in [-0.39, 0.29) is 10.8 Å². The number of benzene rings is 2. The summed E-state index contributed by atoms with van der Waals surface area (Å²) in [4.78, 5) is 17.9. The average molecular weight is 541 g/mol. The fourth-order valence-corrected chi connectivity index (χ4v) is 6.02. The third-order valence-corrected chi connectivity index (χ3v) is 8.32. The number of nitrogens with zero attached hydrogens (tertiary/aromatic N) is 2.